The van der Waals surface area contributed by atoms with E-state index in [0.717, 1.165) is 11.1 Å². The molecule has 0 aliphatic rings. The first-order valence-corrected chi connectivity index (χ1v) is 12.8. The molecule has 2 aromatic rings. The third kappa shape index (κ3) is 9.01. The molecule has 0 saturated heterocycles. The van der Waals surface area contributed by atoms with E-state index < -0.39 is 41.6 Å². The van der Waals surface area contributed by atoms with Crippen LogP contribution >= 0.6 is 0 Å². The fourth-order valence-corrected chi connectivity index (χ4v) is 4.20. The van der Waals surface area contributed by atoms with Crippen LogP contribution in [0, 0.1) is 13.8 Å². The molecule has 0 aromatic heterocycles. The highest BCUT2D eigenvalue weighted by molar-refractivity contribution is 5.93. The second-order valence-corrected chi connectivity index (χ2v) is 10.2. The molecule has 0 aliphatic carbocycles. The number of alkyl carbamates (subject to hydrolysis) is 1. The Morgan fingerprint density at radius 3 is 2.10 bits per heavy atom. The number of likely N-dealkylation sites (N-methyl/N-ethyl adjacent to an activating group) is 1. The van der Waals surface area contributed by atoms with Gasteiger partial charge in [-0.3, -0.25) is 14.4 Å². The highest BCUT2D eigenvalue weighted by Crippen LogP contribution is 2.29. The highest BCUT2D eigenvalue weighted by Gasteiger charge is 2.37. The van der Waals surface area contributed by atoms with Crippen LogP contribution in [0.1, 0.15) is 56.0 Å². The molecule has 3 N–H and O–H groups in total. The number of aromatic hydroxyl groups is 1. The van der Waals surface area contributed by atoms with E-state index in [0.29, 0.717) is 11.1 Å². The van der Waals surface area contributed by atoms with Crippen molar-refractivity contribution in [1.29, 1.82) is 0 Å². The van der Waals surface area contributed by atoms with Crippen LogP contribution in [-0.2, 0) is 30.3 Å². The average Bonchev–Trinajstić information content (AvgIpc) is 2.85. The summed E-state index contributed by atoms with van der Waals surface area (Å²) >= 11 is 0. The van der Waals surface area contributed by atoms with Crippen LogP contribution in [0.25, 0.3) is 0 Å². The van der Waals surface area contributed by atoms with Crippen LogP contribution in [0.15, 0.2) is 42.5 Å². The lowest BCUT2D eigenvalue weighted by Gasteiger charge is -2.35. The molecule has 0 bridgehead atoms. The molecule has 3 amide bonds. The number of ether oxygens (including phenoxy) is 2. The number of rotatable bonds is 10. The van der Waals surface area contributed by atoms with E-state index in [1.165, 1.54) is 24.1 Å². The molecule has 2 unspecified atom stereocenters. The van der Waals surface area contributed by atoms with E-state index in [9.17, 15) is 24.3 Å². The predicted octanol–water partition coefficient (Wildman–Crippen LogP) is 3.32. The summed E-state index contributed by atoms with van der Waals surface area (Å²) in [6, 6.07) is 9.63. The van der Waals surface area contributed by atoms with Crippen LogP contribution in [0.3, 0.4) is 0 Å². The lowest BCUT2D eigenvalue weighted by molar-refractivity contribution is -0.144. The number of carbonyl (C=O) groups is 4. The van der Waals surface area contributed by atoms with Crippen molar-refractivity contribution in [3.8, 4) is 5.75 Å². The van der Waals surface area contributed by atoms with Crippen molar-refractivity contribution in [3.05, 3.63) is 64.7 Å². The summed E-state index contributed by atoms with van der Waals surface area (Å²) in [7, 11) is 1.22. The molecule has 10 heteroatoms. The van der Waals surface area contributed by atoms with Crippen molar-refractivity contribution in [2.24, 2.45) is 0 Å². The van der Waals surface area contributed by atoms with Gasteiger partial charge in [0.1, 0.15) is 30.0 Å². The number of phenols is 1. The Balaban J connectivity index is 2.53. The molecule has 212 valence electrons. The van der Waals surface area contributed by atoms with Crippen molar-refractivity contribution in [1.82, 2.24) is 15.5 Å². The minimum Gasteiger partial charge on any atom is -0.508 e. The average molecular weight is 542 g/mol. The van der Waals surface area contributed by atoms with Crippen molar-refractivity contribution < 1.29 is 33.8 Å². The van der Waals surface area contributed by atoms with E-state index >= 15 is 0 Å². The van der Waals surface area contributed by atoms with E-state index in [-0.39, 0.29) is 25.3 Å². The summed E-state index contributed by atoms with van der Waals surface area (Å²) in [6.45, 7) is 10.3. The Morgan fingerprint density at radius 1 is 1.00 bits per heavy atom. The second kappa shape index (κ2) is 13.6. The first kappa shape index (κ1) is 31.1. The first-order chi connectivity index (χ1) is 18.3. The highest BCUT2D eigenvalue weighted by atomic mass is 16.6. The molecular weight excluding hydrogens is 502 g/mol. The largest absolute Gasteiger partial charge is 0.508 e. The smallest absolute Gasteiger partial charge is 0.408 e. The van der Waals surface area contributed by atoms with Gasteiger partial charge in [0, 0.05) is 13.0 Å². The fraction of sp³-hybridized carbons (Fsp3) is 0.448. The number of aryl methyl sites for hydroxylation is 2. The van der Waals surface area contributed by atoms with Gasteiger partial charge in [0.2, 0.25) is 11.8 Å². The summed E-state index contributed by atoms with van der Waals surface area (Å²) < 4.78 is 10.1. The number of nitrogens with one attached hydrogen (secondary N) is 2. The zero-order chi connectivity index (χ0) is 29.3. The third-order valence-corrected chi connectivity index (χ3v) is 6.00. The SMILES string of the molecule is CCN(C(=O)C(Cc1ccc(O)cc1)NC(=O)OC(C)(C)C)C(C(=O)NCC(=O)OC)c1c(C)cccc1C. The molecule has 2 atom stereocenters. The Kier molecular flexibility index (Phi) is 10.9. The van der Waals surface area contributed by atoms with E-state index in [1.54, 1.807) is 39.8 Å². The topological polar surface area (TPSA) is 134 Å². The maximum atomic E-state index is 14.1. The van der Waals surface area contributed by atoms with Gasteiger partial charge in [0.25, 0.3) is 0 Å². The normalized spacial score (nSPS) is 12.6. The number of benzene rings is 2. The summed E-state index contributed by atoms with van der Waals surface area (Å²) in [5.41, 5.74) is 2.08. The van der Waals surface area contributed by atoms with Gasteiger partial charge < -0.3 is 30.1 Å². The van der Waals surface area contributed by atoms with Crippen molar-refractivity contribution in [2.45, 2.75) is 65.6 Å². The fourth-order valence-electron chi connectivity index (χ4n) is 4.20. The number of phenolic OH excluding ortho intramolecular Hbond substituents is 1. The Hall–Kier alpha value is -4.08. The third-order valence-electron chi connectivity index (χ3n) is 6.00. The molecule has 10 nitrogen and oxygen atoms in total. The number of amides is 3. The van der Waals surface area contributed by atoms with Crippen LogP contribution < -0.4 is 10.6 Å². The molecule has 0 aliphatic heterocycles. The second-order valence-electron chi connectivity index (χ2n) is 10.2. The van der Waals surface area contributed by atoms with Crippen LogP contribution in [-0.4, -0.2) is 65.7 Å². The molecule has 0 heterocycles. The van der Waals surface area contributed by atoms with E-state index in [2.05, 4.69) is 15.4 Å². The quantitative estimate of drug-likeness (QED) is 0.393. The standard InChI is InChI=1S/C29H39N3O7/c1-8-32(25(26(35)30-17-23(34)38-7)24-18(2)10-9-11-19(24)3)27(36)22(31-28(37)39-29(4,5)6)16-20-12-14-21(33)15-13-20/h9-15,22,25,33H,8,16-17H2,1-7H3,(H,30,35)(H,31,37). The Morgan fingerprint density at radius 2 is 1.59 bits per heavy atom. The van der Waals surface area contributed by atoms with E-state index in [1.807, 2.05) is 32.0 Å². The molecule has 0 spiro atoms. The number of nitrogens with zero attached hydrogens (tertiary/aromatic N) is 1. The predicted molar refractivity (Wildman–Crippen MR) is 146 cm³/mol. The van der Waals surface area contributed by atoms with E-state index in [4.69, 9.17) is 4.74 Å². The Labute approximate surface area is 229 Å². The maximum absolute atomic E-state index is 14.1. The molecule has 0 fully saturated rings. The summed E-state index contributed by atoms with van der Waals surface area (Å²) in [5.74, 6) is -1.64. The number of hydrogen-bond acceptors (Lipinski definition) is 7. The van der Waals surface area contributed by atoms with Crippen molar-refractivity contribution in [3.63, 3.8) is 0 Å². The van der Waals surface area contributed by atoms with Gasteiger partial charge in [0.15, 0.2) is 0 Å². The van der Waals surface area contributed by atoms with Crippen LogP contribution in [0.5, 0.6) is 5.75 Å². The number of methoxy groups -OCH3 is 1. The summed E-state index contributed by atoms with van der Waals surface area (Å²) in [5, 5.41) is 14.9. The van der Waals surface area contributed by atoms with Gasteiger partial charge in [-0.15, -0.1) is 0 Å². The number of esters is 1. The molecular formula is C29H39N3O7. The van der Waals surface area contributed by atoms with Gasteiger partial charge in [-0.05, 0) is 75.9 Å². The first-order valence-electron chi connectivity index (χ1n) is 12.8. The van der Waals surface area contributed by atoms with Crippen molar-refractivity contribution in [2.75, 3.05) is 20.2 Å². The lowest BCUT2D eigenvalue weighted by atomic mass is 9.93. The monoisotopic (exact) mass is 541 g/mol. The van der Waals surface area contributed by atoms with Gasteiger partial charge >= 0.3 is 12.1 Å². The number of carbonyl (C=O) groups excluding carboxylic acids is 4. The Bertz CT molecular complexity index is 1150. The molecule has 0 radical (unpaired) electrons. The van der Waals surface area contributed by atoms with Crippen LogP contribution in [0.4, 0.5) is 4.79 Å². The summed E-state index contributed by atoms with van der Waals surface area (Å²) in [4.78, 5) is 53.5. The minimum absolute atomic E-state index is 0.0641. The molecule has 0 saturated carbocycles. The maximum Gasteiger partial charge on any atom is 0.408 e. The van der Waals surface area contributed by atoms with Gasteiger partial charge in [-0.25, -0.2) is 4.79 Å². The molecule has 2 rings (SSSR count). The summed E-state index contributed by atoms with van der Waals surface area (Å²) in [6.07, 6.45) is -0.701. The minimum atomic E-state index is -1.09. The van der Waals surface area contributed by atoms with Gasteiger partial charge in [-0.2, -0.15) is 0 Å². The number of hydrogen-bond donors (Lipinski definition) is 3. The zero-order valence-electron chi connectivity index (χ0n) is 23.7. The lowest BCUT2D eigenvalue weighted by Crippen LogP contribution is -2.54. The van der Waals surface area contributed by atoms with Crippen molar-refractivity contribution >= 4 is 23.9 Å². The molecule has 39 heavy (non-hydrogen) atoms. The van der Waals surface area contributed by atoms with Crippen LogP contribution in [0.2, 0.25) is 0 Å². The van der Waals surface area contributed by atoms with Gasteiger partial charge in [-0.1, -0.05) is 30.3 Å². The molecule has 2 aromatic carbocycles. The zero-order valence-corrected chi connectivity index (χ0v) is 23.7. The van der Waals surface area contributed by atoms with Gasteiger partial charge in [0.05, 0.1) is 7.11 Å².